The van der Waals surface area contributed by atoms with E-state index in [9.17, 15) is 14.7 Å². The van der Waals surface area contributed by atoms with Crippen LogP contribution >= 0.6 is 11.6 Å². The number of Topliss-reactive ketones (excluding diaryl/α,β-unsaturated/α-hetero) is 2. The minimum atomic E-state index is -0.519. The molecule has 2 aromatic carbocycles. The summed E-state index contributed by atoms with van der Waals surface area (Å²) >= 11 is 5.93. The van der Waals surface area contributed by atoms with Crippen molar-refractivity contribution in [3.63, 3.8) is 0 Å². The number of ketones is 2. The Bertz CT molecular complexity index is 694. The van der Waals surface area contributed by atoms with Crippen LogP contribution in [0.1, 0.15) is 27.1 Å². The molecule has 0 spiro atoms. The summed E-state index contributed by atoms with van der Waals surface area (Å²) < 4.78 is 5.04. The third kappa shape index (κ3) is 3.23. The molecule has 5 heteroatoms. The Morgan fingerprint density at radius 1 is 1.10 bits per heavy atom. The number of methoxy groups -OCH3 is 1. The molecule has 0 aliphatic carbocycles. The van der Waals surface area contributed by atoms with E-state index in [4.69, 9.17) is 16.3 Å². The lowest BCUT2D eigenvalue weighted by Crippen LogP contribution is -2.10. The summed E-state index contributed by atoms with van der Waals surface area (Å²) in [5.74, 6) is -0.913. The molecule has 4 nitrogen and oxygen atoms in total. The Morgan fingerprint density at radius 2 is 1.81 bits per heavy atom. The third-order valence-electron chi connectivity index (χ3n) is 3.00. The topological polar surface area (TPSA) is 63.6 Å². The lowest BCUT2D eigenvalue weighted by molar-refractivity contribution is 0.0891. The van der Waals surface area contributed by atoms with Crippen LogP contribution in [0.2, 0.25) is 5.02 Å². The van der Waals surface area contributed by atoms with E-state index < -0.39 is 18.0 Å². The average molecular weight is 305 g/mol. The summed E-state index contributed by atoms with van der Waals surface area (Å²) in [6.45, 7) is 0. The van der Waals surface area contributed by atoms with Crippen LogP contribution in [0.4, 0.5) is 0 Å². The van der Waals surface area contributed by atoms with Crippen LogP contribution in [0, 0.1) is 0 Å². The van der Waals surface area contributed by atoms with E-state index in [0.717, 1.165) is 0 Å². The monoisotopic (exact) mass is 304 g/mol. The van der Waals surface area contributed by atoms with Crippen molar-refractivity contribution in [2.75, 3.05) is 7.11 Å². The van der Waals surface area contributed by atoms with E-state index in [1.165, 1.54) is 13.2 Å². The number of hydrogen-bond acceptors (Lipinski definition) is 4. The summed E-state index contributed by atoms with van der Waals surface area (Å²) in [6.07, 6.45) is -0.391. The van der Waals surface area contributed by atoms with Crippen molar-refractivity contribution in [3.8, 4) is 11.5 Å². The number of hydrogen-bond donors (Lipinski definition) is 1. The van der Waals surface area contributed by atoms with Crippen LogP contribution in [0.25, 0.3) is 0 Å². The molecule has 0 atom stereocenters. The standard InChI is InChI=1S/C16H13ClO4/c1-21-15-8-4-7-12(18)16(15)14(20)9-13(19)10-5-2-3-6-11(10)17/h2-8,18H,9H2,1H3. The minimum absolute atomic E-state index is 0.000374. The number of ether oxygens (including phenoxy) is 1. The van der Waals surface area contributed by atoms with E-state index in [1.54, 1.807) is 36.4 Å². The summed E-state index contributed by atoms with van der Waals surface area (Å²) in [5.41, 5.74) is 0.280. The van der Waals surface area contributed by atoms with Gasteiger partial charge in [0.15, 0.2) is 11.6 Å². The Labute approximate surface area is 126 Å². The molecule has 2 aromatic rings. The molecule has 1 N–H and O–H groups in total. The molecular weight excluding hydrogens is 292 g/mol. The Hall–Kier alpha value is -2.33. The molecule has 0 saturated carbocycles. The van der Waals surface area contributed by atoms with Crippen molar-refractivity contribution in [2.45, 2.75) is 6.42 Å². The molecule has 0 radical (unpaired) electrons. The molecule has 108 valence electrons. The number of carbonyl (C=O) groups excluding carboxylic acids is 2. The van der Waals surface area contributed by atoms with Gasteiger partial charge in [-0.1, -0.05) is 29.8 Å². The first kappa shape index (κ1) is 15.1. The van der Waals surface area contributed by atoms with Crippen molar-refractivity contribution in [3.05, 3.63) is 58.6 Å². The predicted octanol–water partition coefficient (Wildman–Crippen LogP) is 3.51. The molecule has 21 heavy (non-hydrogen) atoms. The molecule has 0 aliphatic heterocycles. The van der Waals surface area contributed by atoms with Gasteiger partial charge in [-0.15, -0.1) is 0 Å². The average Bonchev–Trinajstić information content (AvgIpc) is 2.46. The minimum Gasteiger partial charge on any atom is -0.507 e. The molecule has 0 amide bonds. The van der Waals surface area contributed by atoms with E-state index in [1.807, 2.05) is 0 Å². The number of benzene rings is 2. The molecule has 2 rings (SSSR count). The SMILES string of the molecule is COc1cccc(O)c1C(=O)CC(=O)c1ccccc1Cl. The molecule has 0 aromatic heterocycles. The highest BCUT2D eigenvalue weighted by molar-refractivity contribution is 6.34. The molecule has 0 bridgehead atoms. The van der Waals surface area contributed by atoms with Gasteiger partial charge in [0.1, 0.15) is 17.1 Å². The van der Waals surface area contributed by atoms with Gasteiger partial charge in [0.25, 0.3) is 0 Å². The summed E-state index contributed by atoms with van der Waals surface area (Å²) in [6, 6.07) is 11.0. The van der Waals surface area contributed by atoms with Crippen LogP contribution in [-0.4, -0.2) is 23.8 Å². The first-order chi connectivity index (χ1) is 10.0. The van der Waals surface area contributed by atoms with Crippen molar-refractivity contribution in [2.24, 2.45) is 0 Å². The van der Waals surface area contributed by atoms with Crippen LogP contribution in [-0.2, 0) is 0 Å². The van der Waals surface area contributed by atoms with Gasteiger partial charge in [-0.05, 0) is 24.3 Å². The summed E-state index contributed by atoms with van der Waals surface area (Å²) in [7, 11) is 1.39. The molecule has 0 aliphatic rings. The van der Waals surface area contributed by atoms with Crippen LogP contribution in [0.3, 0.4) is 0 Å². The Morgan fingerprint density at radius 3 is 2.48 bits per heavy atom. The molecule has 0 heterocycles. The van der Waals surface area contributed by atoms with E-state index in [0.29, 0.717) is 5.02 Å². The molecular formula is C16H13ClO4. The Kier molecular flexibility index (Phi) is 4.60. The fourth-order valence-corrected chi connectivity index (χ4v) is 2.23. The van der Waals surface area contributed by atoms with Gasteiger partial charge in [0.2, 0.25) is 0 Å². The predicted molar refractivity (Wildman–Crippen MR) is 79.4 cm³/mol. The van der Waals surface area contributed by atoms with Gasteiger partial charge in [0, 0.05) is 5.56 Å². The molecule has 0 saturated heterocycles. The van der Waals surface area contributed by atoms with Gasteiger partial charge < -0.3 is 9.84 Å². The van der Waals surface area contributed by atoms with Gasteiger partial charge in [0.05, 0.1) is 18.6 Å². The maximum atomic E-state index is 12.2. The number of carbonyl (C=O) groups is 2. The highest BCUT2D eigenvalue weighted by Gasteiger charge is 2.21. The number of rotatable bonds is 5. The normalized spacial score (nSPS) is 10.2. The van der Waals surface area contributed by atoms with Gasteiger partial charge in [-0.3, -0.25) is 9.59 Å². The largest absolute Gasteiger partial charge is 0.507 e. The zero-order valence-electron chi connectivity index (χ0n) is 11.3. The highest BCUT2D eigenvalue weighted by atomic mass is 35.5. The molecule has 0 fully saturated rings. The summed E-state index contributed by atoms with van der Waals surface area (Å²) in [5, 5.41) is 10.1. The quantitative estimate of drug-likeness (QED) is 0.678. The Balaban J connectivity index is 2.27. The maximum Gasteiger partial charge on any atom is 0.178 e. The second kappa shape index (κ2) is 6.41. The van der Waals surface area contributed by atoms with Gasteiger partial charge >= 0.3 is 0 Å². The van der Waals surface area contributed by atoms with Crippen molar-refractivity contribution >= 4 is 23.2 Å². The van der Waals surface area contributed by atoms with Gasteiger partial charge in [-0.25, -0.2) is 0 Å². The number of phenolic OH excluding ortho intramolecular Hbond substituents is 1. The lowest BCUT2D eigenvalue weighted by atomic mass is 10.00. The van der Waals surface area contributed by atoms with Crippen molar-refractivity contribution < 1.29 is 19.4 Å². The highest BCUT2D eigenvalue weighted by Crippen LogP contribution is 2.29. The van der Waals surface area contributed by atoms with Gasteiger partial charge in [-0.2, -0.15) is 0 Å². The zero-order chi connectivity index (χ0) is 15.4. The van der Waals surface area contributed by atoms with Crippen molar-refractivity contribution in [1.82, 2.24) is 0 Å². The molecule has 0 unspecified atom stereocenters. The second-order valence-corrected chi connectivity index (χ2v) is 4.76. The fourth-order valence-electron chi connectivity index (χ4n) is 1.99. The lowest BCUT2D eigenvalue weighted by Gasteiger charge is -2.09. The van der Waals surface area contributed by atoms with E-state index in [-0.39, 0.29) is 22.6 Å². The fraction of sp³-hybridized carbons (Fsp3) is 0.125. The zero-order valence-corrected chi connectivity index (χ0v) is 12.1. The van der Waals surface area contributed by atoms with Crippen LogP contribution in [0.5, 0.6) is 11.5 Å². The number of aromatic hydroxyl groups is 1. The van der Waals surface area contributed by atoms with E-state index in [2.05, 4.69) is 0 Å². The maximum absolute atomic E-state index is 12.2. The third-order valence-corrected chi connectivity index (χ3v) is 3.33. The number of phenols is 1. The summed E-state index contributed by atoms with van der Waals surface area (Å²) in [4.78, 5) is 24.4. The smallest absolute Gasteiger partial charge is 0.178 e. The first-order valence-electron chi connectivity index (χ1n) is 6.21. The van der Waals surface area contributed by atoms with Crippen molar-refractivity contribution in [1.29, 1.82) is 0 Å². The second-order valence-electron chi connectivity index (χ2n) is 4.36. The van der Waals surface area contributed by atoms with Crippen LogP contribution in [0.15, 0.2) is 42.5 Å². The number of halogens is 1. The van der Waals surface area contributed by atoms with Crippen LogP contribution < -0.4 is 4.74 Å². The van der Waals surface area contributed by atoms with E-state index >= 15 is 0 Å². The first-order valence-corrected chi connectivity index (χ1v) is 6.59.